The maximum atomic E-state index is 12.0. The van der Waals surface area contributed by atoms with Gasteiger partial charge in [0.25, 0.3) is 0 Å². The van der Waals surface area contributed by atoms with E-state index in [-0.39, 0.29) is 5.91 Å². The number of hydrogen-bond acceptors (Lipinski definition) is 2. The van der Waals surface area contributed by atoms with Crippen molar-refractivity contribution in [1.82, 2.24) is 5.32 Å². The van der Waals surface area contributed by atoms with Crippen molar-refractivity contribution in [3.8, 4) is 0 Å². The van der Waals surface area contributed by atoms with E-state index in [1.165, 1.54) is 5.56 Å². The van der Waals surface area contributed by atoms with Crippen molar-refractivity contribution in [3.63, 3.8) is 0 Å². The Kier molecular flexibility index (Phi) is 4.15. The van der Waals surface area contributed by atoms with Crippen LogP contribution >= 0.6 is 0 Å². The number of amides is 1. The predicted molar refractivity (Wildman–Crippen MR) is 70.3 cm³/mol. The lowest BCUT2D eigenvalue weighted by molar-refractivity contribution is -0.118. The van der Waals surface area contributed by atoms with Crippen LogP contribution in [0.5, 0.6) is 0 Å². The number of benzene rings is 1. The van der Waals surface area contributed by atoms with Gasteiger partial charge in [-0.2, -0.15) is 0 Å². The predicted octanol–water partition coefficient (Wildman–Crippen LogP) is 1.97. The highest BCUT2D eigenvalue weighted by Crippen LogP contribution is 2.17. The van der Waals surface area contributed by atoms with Gasteiger partial charge in [0.05, 0.1) is 6.54 Å². The molecule has 17 heavy (non-hydrogen) atoms. The average molecular weight is 232 g/mol. The first-order chi connectivity index (χ1) is 8.31. The third kappa shape index (κ3) is 3.07. The number of nitrogens with zero attached hydrogens (tertiary/aromatic N) is 1. The van der Waals surface area contributed by atoms with Crippen molar-refractivity contribution in [3.05, 3.63) is 29.8 Å². The lowest BCUT2D eigenvalue weighted by atomic mass is 10.1. The van der Waals surface area contributed by atoms with E-state index in [0.717, 1.165) is 38.0 Å². The second-order valence-electron chi connectivity index (χ2n) is 4.45. The fourth-order valence-corrected chi connectivity index (χ4v) is 2.12. The molecule has 0 atom stereocenters. The van der Waals surface area contributed by atoms with Gasteiger partial charge in [-0.25, -0.2) is 0 Å². The molecule has 0 bridgehead atoms. The number of anilines is 1. The number of aryl methyl sites for hydroxylation is 1. The minimum atomic E-state index is 0.175. The van der Waals surface area contributed by atoms with Gasteiger partial charge in [0.1, 0.15) is 0 Å². The second kappa shape index (κ2) is 5.82. The number of carbonyl (C=O) groups is 1. The highest BCUT2D eigenvalue weighted by molar-refractivity contribution is 5.94. The molecule has 0 aliphatic carbocycles. The summed E-state index contributed by atoms with van der Waals surface area (Å²) in [6.45, 7) is 4.38. The highest BCUT2D eigenvalue weighted by Gasteiger charge is 2.16. The summed E-state index contributed by atoms with van der Waals surface area (Å²) in [5.41, 5.74) is 2.34. The molecule has 3 heteroatoms. The van der Waals surface area contributed by atoms with E-state index in [1.807, 2.05) is 4.90 Å². The number of carbonyl (C=O) groups excluding carboxylic acids is 1. The molecule has 1 aromatic carbocycles. The Labute approximate surface area is 103 Å². The summed E-state index contributed by atoms with van der Waals surface area (Å²) < 4.78 is 0. The maximum Gasteiger partial charge on any atom is 0.240 e. The van der Waals surface area contributed by atoms with E-state index in [2.05, 4.69) is 36.5 Å². The van der Waals surface area contributed by atoms with E-state index in [9.17, 15) is 4.79 Å². The molecule has 1 aromatic rings. The van der Waals surface area contributed by atoms with Gasteiger partial charge < -0.3 is 10.2 Å². The van der Waals surface area contributed by atoms with Gasteiger partial charge in [-0.3, -0.25) is 4.79 Å². The lowest BCUT2D eigenvalue weighted by Crippen LogP contribution is -2.41. The van der Waals surface area contributed by atoms with E-state index >= 15 is 0 Å². The molecule has 2 rings (SSSR count). The topological polar surface area (TPSA) is 32.3 Å². The van der Waals surface area contributed by atoms with Gasteiger partial charge in [-0.1, -0.05) is 19.1 Å². The molecule has 1 N–H and O–H groups in total. The summed E-state index contributed by atoms with van der Waals surface area (Å²) >= 11 is 0. The van der Waals surface area contributed by atoms with Gasteiger partial charge in [-0.05, 0) is 43.5 Å². The summed E-state index contributed by atoms with van der Waals surface area (Å²) in [4.78, 5) is 13.9. The number of nitrogens with one attached hydrogen (secondary N) is 1. The lowest BCUT2D eigenvalue weighted by Gasteiger charge is -2.25. The Morgan fingerprint density at radius 3 is 2.71 bits per heavy atom. The van der Waals surface area contributed by atoms with Crippen LogP contribution in [0, 0.1) is 0 Å². The Hall–Kier alpha value is -1.35. The molecule has 1 heterocycles. The molecule has 0 spiro atoms. The smallest absolute Gasteiger partial charge is 0.240 e. The molecule has 1 saturated heterocycles. The molecule has 1 fully saturated rings. The zero-order valence-electron chi connectivity index (χ0n) is 10.4. The van der Waals surface area contributed by atoms with Crippen LogP contribution in [-0.2, 0) is 11.2 Å². The summed E-state index contributed by atoms with van der Waals surface area (Å²) in [5, 5.41) is 3.17. The highest BCUT2D eigenvalue weighted by atomic mass is 16.2. The first kappa shape index (κ1) is 12.1. The molecule has 92 valence electrons. The third-order valence-electron chi connectivity index (χ3n) is 3.22. The van der Waals surface area contributed by atoms with Crippen LogP contribution < -0.4 is 10.2 Å². The normalized spacial score (nSPS) is 17.7. The van der Waals surface area contributed by atoms with Crippen molar-refractivity contribution < 1.29 is 4.79 Å². The number of hydrogen-bond donors (Lipinski definition) is 1. The SMILES string of the molecule is CCc1ccc(N2CCCCNCC2=O)cc1. The van der Waals surface area contributed by atoms with Gasteiger partial charge in [0.15, 0.2) is 0 Å². The first-order valence-corrected chi connectivity index (χ1v) is 6.41. The van der Waals surface area contributed by atoms with Crippen molar-refractivity contribution >= 4 is 11.6 Å². The summed E-state index contributed by atoms with van der Waals surface area (Å²) in [7, 11) is 0. The third-order valence-corrected chi connectivity index (χ3v) is 3.22. The Bertz CT molecular complexity index is 372. The van der Waals surface area contributed by atoms with Crippen molar-refractivity contribution in [2.75, 3.05) is 24.5 Å². The van der Waals surface area contributed by atoms with E-state index in [0.29, 0.717) is 6.54 Å². The van der Waals surface area contributed by atoms with Crippen LogP contribution in [0.2, 0.25) is 0 Å². The second-order valence-corrected chi connectivity index (χ2v) is 4.45. The van der Waals surface area contributed by atoms with Crippen LogP contribution in [0.4, 0.5) is 5.69 Å². The zero-order chi connectivity index (χ0) is 12.1. The van der Waals surface area contributed by atoms with E-state index < -0.39 is 0 Å². The summed E-state index contributed by atoms with van der Waals surface area (Å²) in [5.74, 6) is 0.175. The maximum absolute atomic E-state index is 12.0. The quantitative estimate of drug-likeness (QED) is 0.845. The van der Waals surface area contributed by atoms with Crippen molar-refractivity contribution in [2.45, 2.75) is 26.2 Å². The Morgan fingerprint density at radius 1 is 1.24 bits per heavy atom. The Morgan fingerprint density at radius 2 is 2.00 bits per heavy atom. The molecule has 0 unspecified atom stereocenters. The van der Waals surface area contributed by atoms with E-state index in [4.69, 9.17) is 0 Å². The molecule has 3 nitrogen and oxygen atoms in total. The van der Waals surface area contributed by atoms with Crippen LogP contribution in [0.15, 0.2) is 24.3 Å². The molecule has 1 aliphatic heterocycles. The molecule has 0 saturated carbocycles. The van der Waals surface area contributed by atoms with Gasteiger partial charge >= 0.3 is 0 Å². The summed E-state index contributed by atoms with van der Waals surface area (Å²) in [6, 6.07) is 8.32. The molecule has 0 aromatic heterocycles. The summed E-state index contributed by atoms with van der Waals surface area (Å²) in [6.07, 6.45) is 3.24. The fourth-order valence-electron chi connectivity index (χ4n) is 2.12. The van der Waals surface area contributed by atoms with E-state index in [1.54, 1.807) is 0 Å². The minimum Gasteiger partial charge on any atom is -0.311 e. The van der Waals surface area contributed by atoms with Crippen LogP contribution in [0.25, 0.3) is 0 Å². The molecule has 0 radical (unpaired) electrons. The standard InChI is InChI=1S/C14H20N2O/c1-2-12-5-7-13(8-6-12)16-10-4-3-9-15-11-14(16)17/h5-8,15H,2-4,9-11H2,1H3. The van der Waals surface area contributed by atoms with Gasteiger partial charge in [0, 0.05) is 12.2 Å². The molecular weight excluding hydrogens is 212 g/mol. The zero-order valence-corrected chi connectivity index (χ0v) is 10.4. The van der Waals surface area contributed by atoms with Gasteiger partial charge in [0.2, 0.25) is 5.91 Å². The first-order valence-electron chi connectivity index (χ1n) is 6.41. The molecule has 1 amide bonds. The van der Waals surface area contributed by atoms with Crippen molar-refractivity contribution in [1.29, 1.82) is 0 Å². The minimum absolute atomic E-state index is 0.175. The molecular formula is C14H20N2O. The monoisotopic (exact) mass is 232 g/mol. The molecule has 1 aliphatic rings. The number of rotatable bonds is 2. The largest absolute Gasteiger partial charge is 0.311 e. The van der Waals surface area contributed by atoms with Crippen LogP contribution in [-0.4, -0.2) is 25.5 Å². The van der Waals surface area contributed by atoms with Crippen LogP contribution in [0.3, 0.4) is 0 Å². The average Bonchev–Trinajstić information content (AvgIpc) is 2.35. The van der Waals surface area contributed by atoms with Crippen LogP contribution in [0.1, 0.15) is 25.3 Å². The van der Waals surface area contributed by atoms with Crippen molar-refractivity contribution in [2.24, 2.45) is 0 Å². The Balaban J connectivity index is 2.13. The fraction of sp³-hybridized carbons (Fsp3) is 0.500. The van der Waals surface area contributed by atoms with Gasteiger partial charge in [-0.15, -0.1) is 0 Å².